The number of nitrogens with one attached hydrogen (secondary N) is 2. The first-order chi connectivity index (χ1) is 11.4. The van der Waals surface area contributed by atoms with Gasteiger partial charge in [0.25, 0.3) is 5.91 Å². The van der Waals surface area contributed by atoms with E-state index in [1.807, 2.05) is 20.8 Å². The Labute approximate surface area is 149 Å². The lowest BCUT2D eigenvalue weighted by Crippen LogP contribution is -2.42. The second kappa shape index (κ2) is 8.12. The van der Waals surface area contributed by atoms with E-state index in [0.717, 1.165) is 17.0 Å². The first-order valence-corrected chi connectivity index (χ1v) is 8.52. The number of aryl methyl sites for hydroxylation is 2. The van der Waals surface area contributed by atoms with E-state index in [1.54, 1.807) is 24.3 Å². The number of hydrogen-bond donors (Lipinski definition) is 2. The van der Waals surface area contributed by atoms with E-state index in [1.165, 1.54) is 11.8 Å². The van der Waals surface area contributed by atoms with Crippen molar-refractivity contribution >= 4 is 35.2 Å². The summed E-state index contributed by atoms with van der Waals surface area (Å²) in [6, 6.07) is 6.36. The van der Waals surface area contributed by atoms with Gasteiger partial charge in [-0.1, -0.05) is 23.4 Å². The third-order valence-corrected chi connectivity index (χ3v) is 4.47. The Morgan fingerprint density at radius 1 is 1.04 bits per heavy atom. The van der Waals surface area contributed by atoms with Crippen molar-refractivity contribution in [2.75, 3.05) is 5.75 Å². The van der Waals surface area contributed by atoms with E-state index in [0.29, 0.717) is 15.7 Å². The molecule has 0 aliphatic carbocycles. The zero-order valence-corrected chi connectivity index (χ0v) is 15.1. The fraction of sp³-hybridized carbons (Fsp3) is 0.250. The van der Waals surface area contributed by atoms with Crippen molar-refractivity contribution in [3.63, 3.8) is 0 Å². The molecule has 0 radical (unpaired) electrons. The summed E-state index contributed by atoms with van der Waals surface area (Å²) in [5, 5.41) is 1.07. The highest BCUT2D eigenvalue weighted by Gasteiger charge is 2.10. The number of hydrogen-bond acceptors (Lipinski definition) is 5. The van der Waals surface area contributed by atoms with Gasteiger partial charge < -0.3 is 0 Å². The first kappa shape index (κ1) is 18.2. The van der Waals surface area contributed by atoms with Crippen LogP contribution in [0, 0.1) is 20.8 Å². The van der Waals surface area contributed by atoms with Gasteiger partial charge in [-0.3, -0.25) is 20.4 Å². The predicted octanol–water partition coefficient (Wildman–Crippen LogP) is 2.61. The number of benzene rings is 1. The molecule has 126 valence electrons. The lowest BCUT2D eigenvalue weighted by Gasteiger charge is -2.08. The minimum Gasteiger partial charge on any atom is -0.272 e. The van der Waals surface area contributed by atoms with Crippen LogP contribution in [0.3, 0.4) is 0 Å². The molecular formula is C16H17ClN4O2S. The maximum atomic E-state index is 11.9. The summed E-state index contributed by atoms with van der Waals surface area (Å²) in [6.07, 6.45) is 0. The zero-order valence-electron chi connectivity index (χ0n) is 13.5. The highest BCUT2D eigenvalue weighted by Crippen LogP contribution is 2.16. The topological polar surface area (TPSA) is 84.0 Å². The molecule has 0 aliphatic heterocycles. The third kappa shape index (κ3) is 4.94. The van der Waals surface area contributed by atoms with E-state index < -0.39 is 5.91 Å². The van der Waals surface area contributed by atoms with Crippen molar-refractivity contribution in [3.05, 3.63) is 51.8 Å². The summed E-state index contributed by atoms with van der Waals surface area (Å²) in [4.78, 5) is 32.3. The van der Waals surface area contributed by atoms with E-state index in [2.05, 4.69) is 20.8 Å². The molecule has 8 heteroatoms. The quantitative estimate of drug-likeness (QED) is 0.495. The monoisotopic (exact) mass is 364 g/mol. The minimum absolute atomic E-state index is 0.100. The highest BCUT2D eigenvalue weighted by atomic mass is 35.5. The Balaban J connectivity index is 1.83. The molecule has 2 amide bonds. The lowest BCUT2D eigenvalue weighted by molar-refractivity contribution is -0.119. The zero-order chi connectivity index (χ0) is 17.7. The van der Waals surface area contributed by atoms with Crippen molar-refractivity contribution in [1.82, 2.24) is 20.8 Å². The van der Waals surface area contributed by atoms with Crippen molar-refractivity contribution in [3.8, 4) is 0 Å². The van der Waals surface area contributed by atoms with E-state index >= 15 is 0 Å². The summed E-state index contributed by atoms with van der Waals surface area (Å²) in [5.74, 6) is -0.659. The van der Waals surface area contributed by atoms with Gasteiger partial charge in [0.1, 0.15) is 0 Å². The molecule has 0 unspecified atom stereocenters. The molecular weight excluding hydrogens is 348 g/mol. The molecule has 0 atom stereocenters. The molecule has 0 spiro atoms. The van der Waals surface area contributed by atoms with Crippen molar-refractivity contribution in [2.24, 2.45) is 0 Å². The Kier molecular flexibility index (Phi) is 6.16. The first-order valence-electron chi connectivity index (χ1n) is 7.16. The van der Waals surface area contributed by atoms with Crippen LogP contribution in [-0.2, 0) is 4.79 Å². The van der Waals surface area contributed by atoms with Crippen LogP contribution in [0.2, 0.25) is 5.02 Å². The molecule has 2 rings (SSSR count). The molecule has 24 heavy (non-hydrogen) atoms. The average molecular weight is 365 g/mol. The van der Waals surface area contributed by atoms with Crippen LogP contribution in [0.25, 0.3) is 0 Å². The number of amides is 2. The van der Waals surface area contributed by atoms with Gasteiger partial charge in [0.15, 0.2) is 5.16 Å². The maximum absolute atomic E-state index is 11.9. The van der Waals surface area contributed by atoms with Gasteiger partial charge >= 0.3 is 0 Å². The Bertz CT molecular complexity index is 742. The lowest BCUT2D eigenvalue weighted by atomic mass is 10.2. The van der Waals surface area contributed by atoms with Gasteiger partial charge in [-0.2, -0.15) is 0 Å². The normalized spacial score (nSPS) is 10.3. The van der Waals surface area contributed by atoms with Gasteiger partial charge in [-0.25, -0.2) is 9.97 Å². The molecule has 1 aromatic heterocycles. The molecule has 0 saturated carbocycles. The number of carbonyl (C=O) groups excluding carboxylic acids is 2. The van der Waals surface area contributed by atoms with Gasteiger partial charge in [0.2, 0.25) is 5.91 Å². The van der Waals surface area contributed by atoms with E-state index in [-0.39, 0.29) is 11.7 Å². The summed E-state index contributed by atoms with van der Waals surface area (Å²) in [5.41, 5.74) is 7.93. The smallest absolute Gasteiger partial charge is 0.269 e. The minimum atomic E-state index is -0.414. The summed E-state index contributed by atoms with van der Waals surface area (Å²) >= 11 is 6.97. The molecule has 0 aliphatic rings. The van der Waals surface area contributed by atoms with Crippen LogP contribution in [0.1, 0.15) is 27.3 Å². The highest BCUT2D eigenvalue weighted by molar-refractivity contribution is 7.99. The van der Waals surface area contributed by atoms with Crippen LogP contribution >= 0.6 is 23.4 Å². The largest absolute Gasteiger partial charge is 0.272 e. The van der Waals surface area contributed by atoms with Gasteiger partial charge in [-0.05, 0) is 50.6 Å². The second-order valence-electron chi connectivity index (χ2n) is 5.10. The van der Waals surface area contributed by atoms with Crippen molar-refractivity contribution < 1.29 is 9.59 Å². The van der Waals surface area contributed by atoms with E-state index in [4.69, 9.17) is 11.6 Å². The van der Waals surface area contributed by atoms with Gasteiger partial charge in [-0.15, -0.1) is 0 Å². The Morgan fingerprint density at radius 2 is 1.62 bits per heavy atom. The van der Waals surface area contributed by atoms with Gasteiger partial charge in [0, 0.05) is 22.0 Å². The molecule has 0 saturated heterocycles. The van der Waals surface area contributed by atoms with Gasteiger partial charge in [0.05, 0.1) is 5.75 Å². The fourth-order valence-electron chi connectivity index (χ4n) is 1.77. The summed E-state index contributed by atoms with van der Waals surface area (Å²) < 4.78 is 0. The maximum Gasteiger partial charge on any atom is 0.269 e. The second-order valence-corrected chi connectivity index (χ2v) is 6.48. The van der Waals surface area contributed by atoms with Crippen LogP contribution in [0.4, 0.5) is 0 Å². The Hall–Kier alpha value is -2.12. The number of thioether (sulfide) groups is 1. The molecule has 0 fully saturated rings. The van der Waals surface area contributed by atoms with Crippen LogP contribution < -0.4 is 10.9 Å². The number of nitrogens with zero attached hydrogens (tertiary/aromatic N) is 2. The number of aromatic nitrogens is 2. The van der Waals surface area contributed by atoms with Crippen molar-refractivity contribution in [1.29, 1.82) is 0 Å². The van der Waals surface area contributed by atoms with Crippen LogP contribution in [0.5, 0.6) is 0 Å². The molecule has 2 N–H and O–H groups in total. The summed E-state index contributed by atoms with van der Waals surface area (Å²) in [7, 11) is 0. The molecule has 1 heterocycles. The summed E-state index contributed by atoms with van der Waals surface area (Å²) in [6.45, 7) is 5.76. The Morgan fingerprint density at radius 3 is 2.21 bits per heavy atom. The molecule has 0 bridgehead atoms. The number of carbonyl (C=O) groups is 2. The van der Waals surface area contributed by atoms with Crippen LogP contribution in [-0.4, -0.2) is 27.5 Å². The molecule has 6 nitrogen and oxygen atoms in total. The number of hydrazine groups is 1. The predicted molar refractivity (Wildman–Crippen MR) is 94.0 cm³/mol. The van der Waals surface area contributed by atoms with Crippen LogP contribution in [0.15, 0.2) is 29.4 Å². The number of halogens is 1. The third-order valence-electron chi connectivity index (χ3n) is 3.37. The molecule has 1 aromatic carbocycles. The van der Waals surface area contributed by atoms with Crippen molar-refractivity contribution in [2.45, 2.75) is 25.9 Å². The fourth-order valence-corrected chi connectivity index (χ4v) is 2.63. The van der Waals surface area contributed by atoms with E-state index in [9.17, 15) is 9.59 Å². The SMILES string of the molecule is Cc1nc(SCC(=O)NNC(=O)c2ccc(Cl)cc2)nc(C)c1C. The standard InChI is InChI=1S/C16H17ClN4O2S/c1-9-10(2)18-16(19-11(9)3)24-8-14(22)20-21-15(23)12-4-6-13(17)7-5-12/h4-7H,8H2,1-3H3,(H,20,22)(H,21,23). The number of rotatable bonds is 4. The molecule has 2 aromatic rings. The average Bonchev–Trinajstić information content (AvgIpc) is 2.56.